The molecule has 0 aliphatic rings. The molecule has 0 spiro atoms. The van der Waals surface area contributed by atoms with Gasteiger partial charge in [0.15, 0.2) is 5.78 Å². The van der Waals surface area contributed by atoms with Gasteiger partial charge in [0.05, 0.1) is 26.4 Å². The van der Waals surface area contributed by atoms with Crippen molar-refractivity contribution in [2.75, 3.05) is 20.8 Å². The molecule has 0 saturated heterocycles. The zero-order valence-corrected chi connectivity index (χ0v) is 15.0. The lowest BCUT2D eigenvalue weighted by Gasteiger charge is -2.09. The highest BCUT2D eigenvalue weighted by Crippen LogP contribution is 2.29. The quantitative estimate of drug-likeness (QED) is 0.374. The zero-order chi connectivity index (χ0) is 18.1. The minimum Gasteiger partial charge on any atom is -0.496 e. The van der Waals surface area contributed by atoms with Gasteiger partial charge in [0.1, 0.15) is 17.2 Å². The Hall–Kier alpha value is -2.75. The van der Waals surface area contributed by atoms with E-state index in [-0.39, 0.29) is 5.78 Å². The van der Waals surface area contributed by atoms with Gasteiger partial charge in [-0.25, -0.2) is 0 Å². The maximum atomic E-state index is 12.4. The first-order valence-electron chi connectivity index (χ1n) is 8.35. The molecule has 0 N–H and O–H groups in total. The third-order valence-electron chi connectivity index (χ3n) is 3.77. The second-order valence-corrected chi connectivity index (χ2v) is 5.50. The van der Waals surface area contributed by atoms with Crippen LogP contribution in [0.15, 0.2) is 48.5 Å². The molecule has 0 heterocycles. The van der Waals surface area contributed by atoms with E-state index in [0.717, 1.165) is 24.2 Å². The molecular formula is C21H24O4. The fourth-order valence-electron chi connectivity index (χ4n) is 2.35. The van der Waals surface area contributed by atoms with E-state index in [1.54, 1.807) is 32.4 Å². The molecule has 2 aromatic carbocycles. The highest BCUT2D eigenvalue weighted by Gasteiger charge is 2.08. The van der Waals surface area contributed by atoms with Crippen molar-refractivity contribution in [3.05, 3.63) is 59.7 Å². The van der Waals surface area contributed by atoms with Crippen molar-refractivity contribution in [2.24, 2.45) is 0 Å². The van der Waals surface area contributed by atoms with Gasteiger partial charge in [0, 0.05) is 5.56 Å². The summed E-state index contributed by atoms with van der Waals surface area (Å²) in [5, 5.41) is 0. The highest BCUT2D eigenvalue weighted by atomic mass is 16.5. The molecule has 0 amide bonds. The number of ketones is 1. The standard InChI is InChI=1S/C21H24O4/c1-4-5-15-25-17-11-9-16(10-12-17)19(22)14-13-18-20(23-2)7-6-8-21(18)24-3/h6-14H,4-5,15H2,1-3H3/b14-13+. The van der Waals surface area contributed by atoms with E-state index < -0.39 is 0 Å². The molecule has 0 bridgehead atoms. The Balaban J connectivity index is 2.10. The Kier molecular flexibility index (Phi) is 7.08. The summed E-state index contributed by atoms with van der Waals surface area (Å²) < 4.78 is 16.3. The molecule has 0 aromatic heterocycles. The molecular weight excluding hydrogens is 316 g/mol. The topological polar surface area (TPSA) is 44.8 Å². The van der Waals surface area contributed by atoms with Gasteiger partial charge in [-0.1, -0.05) is 19.4 Å². The summed E-state index contributed by atoms with van der Waals surface area (Å²) in [5.41, 5.74) is 1.34. The van der Waals surface area contributed by atoms with Crippen LogP contribution in [0, 0.1) is 0 Å². The van der Waals surface area contributed by atoms with Crippen molar-refractivity contribution < 1.29 is 19.0 Å². The third kappa shape index (κ3) is 5.11. The van der Waals surface area contributed by atoms with Crippen LogP contribution in [0.25, 0.3) is 6.08 Å². The number of hydrogen-bond donors (Lipinski definition) is 0. The Morgan fingerprint density at radius 1 is 1.00 bits per heavy atom. The minimum absolute atomic E-state index is 0.0898. The lowest BCUT2D eigenvalue weighted by atomic mass is 10.1. The van der Waals surface area contributed by atoms with E-state index in [1.165, 1.54) is 6.08 Å². The molecule has 0 radical (unpaired) electrons. The molecule has 4 heteroatoms. The molecule has 0 unspecified atom stereocenters. The average molecular weight is 340 g/mol. The summed E-state index contributed by atoms with van der Waals surface area (Å²) in [6.45, 7) is 2.81. The van der Waals surface area contributed by atoms with Crippen LogP contribution in [0.4, 0.5) is 0 Å². The largest absolute Gasteiger partial charge is 0.496 e. The average Bonchev–Trinajstić information content (AvgIpc) is 2.66. The first-order valence-corrected chi connectivity index (χ1v) is 8.35. The van der Waals surface area contributed by atoms with Crippen molar-refractivity contribution >= 4 is 11.9 Å². The van der Waals surface area contributed by atoms with Crippen molar-refractivity contribution in [2.45, 2.75) is 19.8 Å². The van der Waals surface area contributed by atoms with Gasteiger partial charge in [-0.2, -0.15) is 0 Å². The predicted octanol–water partition coefficient (Wildman–Crippen LogP) is 4.78. The molecule has 25 heavy (non-hydrogen) atoms. The first kappa shape index (κ1) is 18.6. The van der Waals surface area contributed by atoms with E-state index >= 15 is 0 Å². The van der Waals surface area contributed by atoms with Crippen LogP contribution in [0.1, 0.15) is 35.7 Å². The number of methoxy groups -OCH3 is 2. The number of carbonyl (C=O) groups excluding carboxylic acids is 1. The number of rotatable bonds is 9. The molecule has 0 aliphatic carbocycles. The van der Waals surface area contributed by atoms with E-state index in [9.17, 15) is 4.79 Å². The normalized spacial score (nSPS) is 10.7. The van der Waals surface area contributed by atoms with Gasteiger partial charge in [-0.05, 0) is 55.0 Å². The summed E-state index contributed by atoms with van der Waals surface area (Å²) in [4.78, 5) is 12.4. The van der Waals surface area contributed by atoms with Crippen LogP contribution in [0.2, 0.25) is 0 Å². The number of benzene rings is 2. The fraction of sp³-hybridized carbons (Fsp3) is 0.286. The summed E-state index contributed by atoms with van der Waals surface area (Å²) in [7, 11) is 3.18. The van der Waals surface area contributed by atoms with Gasteiger partial charge < -0.3 is 14.2 Å². The zero-order valence-electron chi connectivity index (χ0n) is 15.0. The number of hydrogen-bond acceptors (Lipinski definition) is 4. The number of ether oxygens (including phenoxy) is 3. The molecule has 0 aliphatic heterocycles. The second kappa shape index (κ2) is 9.52. The SMILES string of the molecule is CCCCOc1ccc(C(=O)/C=C/c2c(OC)cccc2OC)cc1. The van der Waals surface area contributed by atoms with E-state index in [0.29, 0.717) is 23.7 Å². The van der Waals surface area contributed by atoms with Crippen LogP contribution in [-0.4, -0.2) is 26.6 Å². The molecule has 0 atom stereocenters. The number of carbonyl (C=O) groups is 1. The summed E-state index contributed by atoms with van der Waals surface area (Å²) >= 11 is 0. The molecule has 2 rings (SSSR count). The van der Waals surface area contributed by atoms with Crippen LogP contribution in [-0.2, 0) is 0 Å². The van der Waals surface area contributed by atoms with Gasteiger partial charge >= 0.3 is 0 Å². The summed E-state index contributed by atoms with van der Waals surface area (Å²) in [6.07, 6.45) is 5.34. The summed E-state index contributed by atoms with van der Waals surface area (Å²) in [6, 6.07) is 12.7. The van der Waals surface area contributed by atoms with Gasteiger partial charge in [0.2, 0.25) is 0 Å². The third-order valence-corrected chi connectivity index (χ3v) is 3.77. The lowest BCUT2D eigenvalue weighted by Crippen LogP contribution is -1.98. The van der Waals surface area contributed by atoms with Crippen molar-refractivity contribution in [1.29, 1.82) is 0 Å². The van der Waals surface area contributed by atoms with Crippen LogP contribution < -0.4 is 14.2 Å². The Labute approximate surface area is 149 Å². The Morgan fingerprint density at radius 2 is 1.64 bits per heavy atom. The van der Waals surface area contributed by atoms with E-state index in [1.807, 2.05) is 30.3 Å². The van der Waals surface area contributed by atoms with Gasteiger partial charge in [-0.3, -0.25) is 4.79 Å². The Morgan fingerprint density at radius 3 is 2.20 bits per heavy atom. The molecule has 0 fully saturated rings. The summed E-state index contributed by atoms with van der Waals surface area (Å²) in [5.74, 6) is 2.00. The van der Waals surface area contributed by atoms with Crippen molar-refractivity contribution in [3.63, 3.8) is 0 Å². The smallest absolute Gasteiger partial charge is 0.185 e. The highest BCUT2D eigenvalue weighted by molar-refractivity contribution is 6.07. The van der Waals surface area contributed by atoms with Crippen LogP contribution in [0.5, 0.6) is 17.2 Å². The van der Waals surface area contributed by atoms with E-state index in [2.05, 4.69) is 6.92 Å². The Bertz CT molecular complexity index is 695. The number of allylic oxidation sites excluding steroid dienone is 1. The predicted molar refractivity (Wildman–Crippen MR) is 99.8 cm³/mol. The molecule has 4 nitrogen and oxygen atoms in total. The van der Waals surface area contributed by atoms with Gasteiger partial charge in [0.25, 0.3) is 0 Å². The lowest BCUT2D eigenvalue weighted by molar-refractivity contribution is 0.104. The minimum atomic E-state index is -0.0898. The van der Waals surface area contributed by atoms with E-state index in [4.69, 9.17) is 14.2 Å². The monoisotopic (exact) mass is 340 g/mol. The maximum Gasteiger partial charge on any atom is 0.185 e. The maximum absolute atomic E-state index is 12.4. The second-order valence-electron chi connectivity index (χ2n) is 5.50. The van der Waals surface area contributed by atoms with Crippen molar-refractivity contribution in [3.8, 4) is 17.2 Å². The number of unbranched alkanes of at least 4 members (excludes halogenated alkanes) is 1. The van der Waals surface area contributed by atoms with Crippen LogP contribution in [0.3, 0.4) is 0 Å². The van der Waals surface area contributed by atoms with Crippen molar-refractivity contribution in [1.82, 2.24) is 0 Å². The molecule has 0 saturated carbocycles. The van der Waals surface area contributed by atoms with Crippen LogP contribution >= 0.6 is 0 Å². The van der Waals surface area contributed by atoms with Gasteiger partial charge in [-0.15, -0.1) is 0 Å². The fourth-order valence-corrected chi connectivity index (χ4v) is 2.35. The molecule has 2 aromatic rings. The molecule has 132 valence electrons. The first-order chi connectivity index (χ1) is 12.2.